The van der Waals surface area contributed by atoms with Gasteiger partial charge < -0.3 is 11.1 Å². The van der Waals surface area contributed by atoms with Gasteiger partial charge in [0, 0.05) is 31.8 Å². The van der Waals surface area contributed by atoms with Crippen molar-refractivity contribution in [1.29, 1.82) is 0 Å². The SMILES string of the molecule is CCc1nn(C)cc1CNC(=O)CCC(CCN)C(C)C. The summed E-state index contributed by atoms with van der Waals surface area (Å²) < 4.78 is 1.80. The predicted octanol–water partition coefficient (Wildman–Crippen LogP) is 2.00. The van der Waals surface area contributed by atoms with Crippen LogP contribution in [0.25, 0.3) is 0 Å². The summed E-state index contributed by atoms with van der Waals surface area (Å²) in [7, 11) is 1.91. The maximum atomic E-state index is 12.0. The summed E-state index contributed by atoms with van der Waals surface area (Å²) in [5.41, 5.74) is 7.80. The number of nitrogens with two attached hydrogens (primary N) is 1. The van der Waals surface area contributed by atoms with Gasteiger partial charge in [0.15, 0.2) is 0 Å². The van der Waals surface area contributed by atoms with Crippen LogP contribution in [0.5, 0.6) is 0 Å². The number of nitrogens with one attached hydrogen (secondary N) is 1. The number of rotatable bonds is 9. The highest BCUT2D eigenvalue weighted by atomic mass is 16.1. The highest BCUT2D eigenvalue weighted by Crippen LogP contribution is 2.20. The van der Waals surface area contributed by atoms with E-state index in [0.29, 0.717) is 31.3 Å². The number of hydrogen-bond donors (Lipinski definition) is 2. The molecule has 0 aliphatic rings. The van der Waals surface area contributed by atoms with E-state index in [4.69, 9.17) is 5.73 Å². The molecule has 0 aliphatic heterocycles. The molecular formula is C16H30N4O. The average molecular weight is 294 g/mol. The number of amides is 1. The van der Waals surface area contributed by atoms with Crippen molar-refractivity contribution in [1.82, 2.24) is 15.1 Å². The average Bonchev–Trinajstić information content (AvgIpc) is 2.81. The van der Waals surface area contributed by atoms with Crippen molar-refractivity contribution in [3.8, 4) is 0 Å². The molecule has 0 radical (unpaired) electrons. The third-order valence-corrected chi connectivity index (χ3v) is 4.03. The zero-order valence-electron chi connectivity index (χ0n) is 13.9. The highest BCUT2D eigenvalue weighted by Gasteiger charge is 2.14. The number of carbonyl (C=O) groups is 1. The van der Waals surface area contributed by atoms with E-state index >= 15 is 0 Å². The lowest BCUT2D eigenvalue weighted by Crippen LogP contribution is -2.24. The fourth-order valence-corrected chi connectivity index (χ4v) is 2.65. The van der Waals surface area contributed by atoms with Gasteiger partial charge in [-0.05, 0) is 37.6 Å². The monoisotopic (exact) mass is 294 g/mol. The number of aromatic nitrogens is 2. The maximum Gasteiger partial charge on any atom is 0.220 e. The largest absolute Gasteiger partial charge is 0.352 e. The molecule has 0 saturated heterocycles. The van der Waals surface area contributed by atoms with Crippen LogP contribution in [-0.4, -0.2) is 22.2 Å². The summed E-state index contributed by atoms with van der Waals surface area (Å²) >= 11 is 0. The minimum absolute atomic E-state index is 0.114. The molecule has 1 atom stereocenters. The predicted molar refractivity (Wildman–Crippen MR) is 85.7 cm³/mol. The van der Waals surface area contributed by atoms with Crippen LogP contribution in [0.2, 0.25) is 0 Å². The molecule has 0 spiro atoms. The summed E-state index contributed by atoms with van der Waals surface area (Å²) in [6.07, 6.45) is 5.34. The Morgan fingerprint density at radius 3 is 2.71 bits per heavy atom. The zero-order chi connectivity index (χ0) is 15.8. The lowest BCUT2D eigenvalue weighted by Gasteiger charge is -2.19. The second-order valence-electron chi connectivity index (χ2n) is 6.03. The molecule has 5 heteroatoms. The first-order valence-corrected chi connectivity index (χ1v) is 7.96. The molecule has 5 nitrogen and oxygen atoms in total. The molecule has 0 saturated carbocycles. The van der Waals surface area contributed by atoms with E-state index in [1.807, 2.05) is 13.2 Å². The lowest BCUT2D eigenvalue weighted by molar-refractivity contribution is -0.121. The van der Waals surface area contributed by atoms with Crippen molar-refractivity contribution < 1.29 is 4.79 Å². The highest BCUT2D eigenvalue weighted by molar-refractivity contribution is 5.75. The van der Waals surface area contributed by atoms with E-state index in [-0.39, 0.29) is 5.91 Å². The number of carbonyl (C=O) groups excluding carboxylic acids is 1. The Balaban J connectivity index is 2.40. The second kappa shape index (κ2) is 8.82. The van der Waals surface area contributed by atoms with Crippen LogP contribution in [0.15, 0.2) is 6.20 Å². The Morgan fingerprint density at radius 1 is 1.43 bits per heavy atom. The summed E-state index contributed by atoms with van der Waals surface area (Å²) in [6.45, 7) is 7.73. The smallest absolute Gasteiger partial charge is 0.220 e. The topological polar surface area (TPSA) is 72.9 Å². The van der Waals surface area contributed by atoms with Crippen LogP contribution in [0.3, 0.4) is 0 Å². The molecule has 0 aromatic carbocycles. The van der Waals surface area contributed by atoms with E-state index in [0.717, 1.165) is 30.5 Å². The minimum Gasteiger partial charge on any atom is -0.352 e. The summed E-state index contributed by atoms with van der Waals surface area (Å²) in [5, 5.41) is 7.38. The third kappa shape index (κ3) is 5.87. The molecule has 0 aliphatic carbocycles. The summed E-state index contributed by atoms with van der Waals surface area (Å²) in [6, 6.07) is 0. The molecule has 1 heterocycles. The first-order chi connectivity index (χ1) is 9.97. The number of nitrogens with zero attached hydrogens (tertiary/aromatic N) is 2. The first kappa shape index (κ1) is 17.7. The molecule has 1 aromatic heterocycles. The third-order valence-electron chi connectivity index (χ3n) is 4.03. The van der Waals surface area contributed by atoms with E-state index in [2.05, 4.69) is 31.2 Å². The van der Waals surface area contributed by atoms with Gasteiger partial charge in [0.25, 0.3) is 0 Å². The van der Waals surface area contributed by atoms with Crippen LogP contribution in [-0.2, 0) is 24.8 Å². The van der Waals surface area contributed by atoms with Gasteiger partial charge in [-0.15, -0.1) is 0 Å². The standard InChI is InChI=1S/C16H30N4O/c1-5-15-14(11-20(4)19-15)10-18-16(21)7-6-13(8-9-17)12(2)3/h11-13H,5-10,17H2,1-4H3,(H,18,21). The fraction of sp³-hybridized carbons (Fsp3) is 0.750. The van der Waals surface area contributed by atoms with Gasteiger partial charge >= 0.3 is 0 Å². The normalized spacial score (nSPS) is 12.7. The molecule has 1 rings (SSSR count). The van der Waals surface area contributed by atoms with Gasteiger partial charge in [0.1, 0.15) is 0 Å². The van der Waals surface area contributed by atoms with Gasteiger partial charge in [0.05, 0.1) is 5.69 Å². The van der Waals surface area contributed by atoms with Crippen molar-refractivity contribution in [2.24, 2.45) is 24.6 Å². The van der Waals surface area contributed by atoms with Crippen molar-refractivity contribution in [2.75, 3.05) is 6.54 Å². The number of hydrogen-bond acceptors (Lipinski definition) is 3. The Hall–Kier alpha value is -1.36. The quantitative estimate of drug-likeness (QED) is 0.731. The minimum atomic E-state index is 0.114. The van der Waals surface area contributed by atoms with Gasteiger partial charge in [-0.3, -0.25) is 9.48 Å². The van der Waals surface area contributed by atoms with E-state index in [1.165, 1.54) is 0 Å². The molecular weight excluding hydrogens is 264 g/mol. The first-order valence-electron chi connectivity index (χ1n) is 7.96. The fourth-order valence-electron chi connectivity index (χ4n) is 2.65. The van der Waals surface area contributed by atoms with Crippen molar-refractivity contribution in [3.63, 3.8) is 0 Å². The van der Waals surface area contributed by atoms with Crippen LogP contribution < -0.4 is 11.1 Å². The summed E-state index contributed by atoms with van der Waals surface area (Å²) in [4.78, 5) is 12.0. The molecule has 3 N–H and O–H groups in total. The molecule has 0 fully saturated rings. The van der Waals surface area contributed by atoms with Crippen LogP contribution >= 0.6 is 0 Å². The van der Waals surface area contributed by atoms with Gasteiger partial charge in [0.2, 0.25) is 5.91 Å². The molecule has 1 aromatic rings. The summed E-state index contributed by atoms with van der Waals surface area (Å²) in [5.74, 6) is 1.22. The van der Waals surface area contributed by atoms with E-state index in [1.54, 1.807) is 4.68 Å². The van der Waals surface area contributed by atoms with Crippen molar-refractivity contribution in [2.45, 2.75) is 53.0 Å². The van der Waals surface area contributed by atoms with E-state index < -0.39 is 0 Å². The van der Waals surface area contributed by atoms with Gasteiger partial charge in [-0.2, -0.15) is 5.10 Å². The van der Waals surface area contributed by atoms with Crippen LogP contribution in [0, 0.1) is 11.8 Å². The molecule has 0 bridgehead atoms. The van der Waals surface area contributed by atoms with Crippen LogP contribution in [0.4, 0.5) is 0 Å². The Morgan fingerprint density at radius 2 is 2.14 bits per heavy atom. The lowest BCUT2D eigenvalue weighted by atomic mass is 9.88. The molecule has 120 valence electrons. The maximum absolute atomic E-state index is 12.0. The van der Waals surface area contributed by atoms with Crippen molar-refractivity contribution in [3.05, 3.63) is 17.5 Å². The molecule has 1 amide bonds. The van der Waals surface area contributed by atoms with Gasteiger partial charge in [-0.1, -0.05) is 20.8 Å². The Bertz CT molecular complexity index is 439. The molecule has 1 unspecified atom stereocenters. The second-order valence-corrected chi connectivity index (χ2v) is 6.03. The van der Waals surface area contributed by atoms with Gasteiger partial charge in [-0.25, -0.2) is 0 Å². The molecule has 21 heavy (non-hydrogen) atoms. The number of aryl methyl sites for hydroxylation is 2. The Kier molecular flexibility index (Phi) is 7.43. The zero-order valence-corrected chi connectivity index (χ0v) is 13.9. The Labute approximate surface area is 128 Å². The van der Waals surface area contributed by atoms with Crippen LogP contribution in [0.1, 0.15) is 51.3 Å². The van der Waals surface area contributed by atoms with E-state index in [9.17, 15) is 4.79 Å². The van der Waals surface area contributed by atoms with Crippen molar-refractivity contribution >= 4 is 5.91 Å².